The molecule has 0 spiro atoms. The molecule has 0 amide bonds. The average Bonchev–Trinajstić information content (AvgIpc) is 2.84. The molecule has 2 aromatic rings. The van der Waals surface area contributed by atoms with Crippen molar-refractivity contribution in [2.24, 2.45) is 0 Å². The molecule has 3 nitrogen and oxygen atoms in total. The lowest BCUT2D eigenvalue weighted by Gasteiger charge is -2.07. The maximum atomic E-state index is 11.8. The van der Waals surface area contributed by atoms with Crippen LogP contribution in [0.3, 0.4) is 0 Å². The molecular weight excluding hydrogens is 284 g/mol. The van der Waals surface area contributed by atoms with E-state index in [1.165, 1.54) is 11.3 Å². The molecule has 0 aliphatic heterocycles. The number of rotatable bonds is 6. The van der Waals surface area contributed by atoms with Gasteiger partial charge in [-0.2, -0.15) is 0 Å². The molecule has 100 valence electrons. The Hall–Kier alpha value is -1.52. The monoisotopic (exact) mass is 296 g/mol. The first-order chi connectivity index (χ1) is 9.19. The van der Waals surface area contributed by atoms with E-state index < -0.39 is 0 Å². The molecule has 1 heterocycles. The molecule has 19 heavy (non-hydrogen) atoms. The van der Waals surface area contributed by atoms with Gasteiger partial charge in [0.05, 0.1) is 15.8 Å². The normalized spacial score (nSPS) is 10.2. The van der Waals surface area contributed by atoms with Crippen LogP contribution in [0.25, 0.3) is 0 Å². The van der Waals surface area contributed by atoms with Crippen molar-refractivity contribution in [2.45, 2.75) is 6.92 Å². The average molecular weight is 297 g/mol. The van der Waals surface area contributed by atoms with Crippen molar-refractivity contribution in [1.82, 2.24) is 0 Å². The van der Waals surface area contributed by atoms with Crippen LogP contribution in [0.4, 0.5) is 0 Å². The van der Waals surface area contributed by atoms with Crippen molar-refractivity contribution in [1.29, 1.82) is 0 Å². The van der Waals surface area contributed by atoms with Gasteiger partial charge in [0, 0.05) is 6.07 Å². The lowest BCUT2D eigenvalue weighted by Crippen LogP contribution is -2.10. The fourth-order valence-corrected chi connectivity index (χ4v) is 2.47. The molecular formula is C14H13ClO3S. The van der Waals surface area contributed by atoms with Gasteiger partial charge in [-0.3, -0.25) is 4.79 Å². The first-order valence-electron chi connectivity index (χ1n) is 5.83. The van der Waals surface area contributed by atoms with Gasteiger partial charge in [-0.25, -0.2) is 0 Å². The first kappa shape index (κ1) is 13.9. The van der Waals surface area contributed by atoms with Crippen LogP contribution >= 0.6 is 22.9 Å². The fraction of sp³-hybridized carbons (Fsp3) is 0.214. The summed E-state index contributed by atoms with van der Waals surface area (Å²) in [6.07, 6.45) is 0. The van der Waals surface area contributed by atoms with Crippen LogP contribution < -0.4 is 9.47 Å². The van der Waals surface area contributed by atoms with Gasteiger partial charge in [0.2, 0.25) is 5.78 Å². The number of hydrogen-bond donors (Lipinski definition) is 0. The van der Waals surface area contributed by atoms with Gasteiger partial charge < -0.3 is 9.47 Å². The zero-order chi connectivity index (χ0) is 13.7. The Kier molecular flexibility index (Phi) is 4.82. The van der Waals surface area contributed by atoms with Crippen molar-refractivity contribution in [3.05, 3.63) is 45.6 Å². The Balaban J connectivity index is 1.95. The molecule has 0 aliphatic carbocycles. The molecule has 0 radical (unpaired) electrons. The van der Waals surface area contributed by atoms with Gasteiger partial charge in [-0.05, 0) is 31.2 Å². The van der Waals surface area contributed by atoms with E-state index in [1.54, 1.807) is 24.3 Å². The molecule has 0 atom stereocenters. The van der Waals surface area contributed by atoms with E-state index in [0.717, 1.165) is 5.75 Å². The summed E-state index contributed by atoms with van der Waals surface area (Å²) >= 11 is 7.04. The molecule has 0 saturated carbocycles. The van der Waals surface area contributed by atoms with Gasteiger partial charge >= 0.3 is 0 Å². The highest BCUT2D eigenvalue weighted by Crippen LogP contribution is 2.23. The summed E-state index contributed by atoms with van der Waals surface area (Å²) in [4.78, 5) is 12.4. The molecule has 0 unspecified atom stereocenters. The summed E-state index contributed by atoms with van der Waals surface area (Å²) in [7, 11) is 0. The zero-order valence-corrected chi connectivity index (χ0v) is 12.0. The van der Waals surface area contributed by atoms with Crippen molar-refractivity contribution in [3.63, 3.8) is 0 Å². The highest BCUT2D eigenvalue weighted by Gasteiger charge is 2.09. The van der Waals surface area contributed by atoms with E-state index >= 15 is 0 Å². The minimum atomic E-state index is -0.0845. The predicted octanol–water partition coefficient (Wildman–Crippen LogP) is 4.06. The van der Waals surface area contributed by atoms with E-state index in [2.05, 4.69) is 0 Å². The van der Waals surface area contributed by atoms with E-state index in [-0.39, 0.29) is 12.4 Å². The van der Waals surface area contributed by atoms with E-state index in [1.807, 2.05) is 19.1 Å². The maximum Gasteiger partial charge on any atom is 0.210 e. The van der Waals surface area contributed by atoms with E-state index in [0.29, 0.717) is 21.6 Å². The molecule has 1 aromatic carbocycles. The van der Waals surface area contributed by atoms with Gasteiger partial charge in [-0.15, -0.1) is 11.3 Å². The van der Waals surface area contributed by atoms with Crippen molar-refractivity contribution in [2.75, 3.05) is 13.2 Å². The third kappa shape index (κ3) is 3.98. The molecule has 1 aromatic heterocycles. The first-order valence-corrected chi connectivity index (χ1v) is 7.02. The van der Waals surface area contributed by atoms with Crippen LogP contribution in [-0.4, -0.2) is 19.0 Å². The molecule has 0 saturated heterocycles. The van der Waals surface area contributed by atoms with Crippen LogP contribution in [0.5, 0.6) is 11.5 Å². The zero-order valence-electron chi connectivity index (χ0n) is 10.4. The van der Waals surface area contributed by atoms with Crippen LogP contribution in [0.15, 0.2) is 36.4 Å². The Morgan fingerprint density at radius 2 is 1.95 bits per heavy atom. The summed E-state index contributed by atoms with van der Waals surface area (Å²) in [5.74, 6) is 1.26. The van der Waals surface area contributed by atoms with Crippen LogP contribution in [-0.2, 0) is 0 Å². The summed E-state index contributed by atoms with van der Waals surface area (Å²) in [6.45, 7) is 2.50. The topological polar surface area (TPSA) is 35.5 Å². The van der Waals surface area contributed by atoms with Gasteiger partial charge in [0.15, 0.2) is 6.61 Å². The third-order valence-corrected chi connectivity index (χ3v) is 3.61. The Bertz CT molecular complexity index is 565. The van der Waals surface area contributed by atoms with E-state index in [4.69, 9.17) is 21.1 Å². The number of ketones is 1. The van der Waals surface area contributed by atoms with Crippen molar-refractivity contribution >= 4 is 28.7 Å². The Morgan fingerprint density at radius 1 is 1.21 bits per heavy atom. The fourth-order valence-electron chi connectivity index (χ4n) is 1.50. The Morgan fingerprint density at radius 3 is 2.58 bits per heavy atom. The molecule has 0 N–H and O–H groups in total. The number of carbonyl (C=O) groups excluding carboxylic acids is 1. The highest BCUT2D eigenvalue weighted by atomic mass is 35.5. The minimum Gasteiger partial charge on any atom is -0.494 e. The summed E-state index contributed by atoms with van der Waals surface area (Å²) in [6, 6.07) is 10.6. The van der Waals surface area contributed by atoms with E-state index in [9.17, 15) is 4.79 Å². The quantitative estimate of drug-likeness (QED) is 0.754. The number of Topliss-reactive ketones (excluding diaryl/α,β-unsaturated/α-hetero) is 1. The number of benzene rings is 1. The van der Waals surface area contributed by atoms with Crippen LogP contribution in [0.1, 0.15) is 16.6 Å². The predicted molar refractivity (Wildman–Crippen MR) is 76.8 cm³/mol. The number of carbonyl (C=O) groups is 1. The largest absolute Gasteiger partial charge is 0.494 e. The second kappa shape index (κ2) is 6.59. The van der Waals surface area contributed by atoms with Crippen LogP contribution in [0.2, 0.25) is 4.34 Å². The summed E-state index contributed by atoms with van der Waals surface area (Å²) < 4.78 is 11.4. The van der Waals surface area contributed by atoms with Crippen LogP contribution in [0, 0.1) is 0 Å². The molecule has 0 fully saturated rings. The lowest BCUT2D eigenvalue weighted by atomic mass is 10.3. The number of hydrogen-bond acceptors (Lipinski definition) is 4. The van der Waals surface area contributed by atoms with Gasteiger partial charge in [0.25, 0.3) is 0 Å². The molecule has 0 aliphatic rings. The smallest absolute Gasteiger partial charge is 0.210 e. The second-order valence-corrected chi connectivity index (χ2v) is 5.44. The Labute approximate surface area is 120 Å². The summed E-state index contributed by atoms with van der Waals surface area (Å²) in [5.41, 5.74) is 0. The molecule has 5 heteroatoms. The van der Waals surface area contributed by atoms with Crippen molar-refractivity contribution < 1.29 is 14.3 Å². The third-order valence-electron chi connectivity index (χ3n) is 2.33. The number of halogens is 1. The molecule has 0 bridgehead atoms. The van der Waals surface area contributed by atoms with Crippen molar-refractivity contribution in [3.8, 4) is 11.5 Å². The minimum absolute atomic E-state index is 0.00752. The van der Waals surface area contributed by atoms with Gasteiger partial charge in [0.1, 0.15) is 11.5 Å². The lowest BCUT2D eigenvalue weighted by molar-refractivity contribution is 0.0925. The second-order valence-electron chi connectivity index (χ2n) is 3.72. The molecule has 2 rings (SSSR count). The number of thiophene rings is 1. The SMILES string of the molecule is CCOc1cccc(OCC(=O)c2ccc(Cl)s2)c1. The number of ether oxygens (including phenoxy) is 2. The standard InChI is InChI=1S/C14H13ClO3S/c1-2-17-10-4-3-5-11(8-10)18-9-12(16)13-6-7-14(15)19-13/h3-8H,2,9H2,1H3. The highest BCUT2D eigenvalue weighted by molar-refractivity contribution is 7.18. The maximum absolute atomic E-state index is 11.8. The summed E-state index contributed by atoms with van der Waals surface area (Å²) in [5, 5.41) is 0. The van der Waals surface area contributed by atoms with Gasteiger partial charge in [-0.1, -0.05) is 17.7 Å².